The summed E-state index contributed by atoms with van der Waals surface area (Å²) in [5.74, 6) is -0.126. The van der Waals surface area contributed by atoms with Gasteiger partial charge in [0, 0.05) is 29.7 Å². The molecule has 21 heavy (non-hydrogen) atoms. The van der Waals surface area contributed by atoms with Crippen LogP contribution >= 0.6 is 11.5 Å². The average molecular weight is 300 g/mol. The summed E-state index contributed by atoms with van der Waals surface area (Å²) < 4.78 is 6.15. The maximum Gasteiger partial charge on any atom is 0.271 e. The quantitative estimate of drug-likeness (QED) is 0.805. The molecule has 3 heterocycles. The van der Waals surface area contributed by atoms with Gasteiger partial charge in [0.15, 0.2) is 0 Å². The van der Waals surface area contributed by atoms with Crippen LogP contribution in [-0.4, -0.2) is 26.2 Å². The Morgan fingerprint density at radius 2 is 2.24 bits per heavy atom. The molecule has 0 bridgehead atoms. The summed E-state index contributed by atoms with van der Waals surface area (Å²) in [4.78, 5) is 17.5. The van der Waals surface area contributed by atoms with Gasteiger partial charge in [0.1, 0.15) is 11.3 Å². The normalized spacial score (nSPS) is 11.0. The van der Waals surface area contributed by atoms with E-state index < -0.39 is 0 Å². The van der Waals surface area contributed by atoms with Crippen molar-refractivity contribution in [2.45, 2.75) is 20.3 Å². The van der Waals surface area contributed by atoms with Gasteiger partial charge < -0.3 is 9.72 Å². The molecule has 3 aromatic heterocycles. The van der Waals surface area contributed by atoms with E-state index in [1.165, 1.54) is 11.5 Å². The molecule has 5 nitrogen and oxygen atoms in total. The van der Waals surface area contributed by atoms with Crippen molar-refractivity contribution in [2.24, 2.45) is 0 Å². The van der Waals surface area contributed by atoms with E-state index in [9.17, 15) is 4.79 Å². The number of amides is 1. The molecule has 3 rings (SSSR count). The van der Waals surface area contributed by atoms with E-state index >= 15 is 0 Å². The van der Waals surface area contributed by atoms with E-state index in [1.807, 2.05) is 38.2 Å². The second-order valence-electron chi connectivity index (χ2n) is 4.96. The number of nitrogens with one attached hydrogen (secondary N) is 1. The fourth-order valence-corrected chi connectivity index (χ4v) is 2.73. The van der Waals surface area contributed by atoms with Crippen LogP contribution in [0.15, 0.2) is 30.5 Å². The Bertz CT molecular complexity index is 790. The van der Waals surface area contributed by atoms with Crippen LogP contribution in [-0.2, 0) is 6.42 Å². The summed E-state index contributed by atoms with van der Waals surface area (Å²) in [6.45, 7) is 4.54. The largest absolute Gasteiger partial charge is 0.350 e. The van der Waals surface area contributed by atoms with Gasteiger partial charge in [-0.15, -0.1) is 0 Å². The first-order valence-electron chi connectivity index (χ1n) is 6.78. The lowest BCUT2D eigenvalue weighted by Crippen LogP contribution is -2.25. The van der Waals surface area contributed by atoms with E-state index in [0.29, 0.717) is 18.7 Å². The Balaban J connectivity index is 1.62. The zero-order valence-corrected chi connectivity index (χ0v) is 12.8. The van der Waals surface area contributed by atoms with Crippen molar-refractivity contribution in [1.82, 2.24) is 19.1 Å². The third-order valence-electron chi connectivity index (χ3n) is 3.27. The zero-order valence-electron chi connectivity index (χ0n) is 12.0. The Hall–Kier alpha value is -2.21. The molecule has 0 radical (unpaired) electrons. The number of rotatable bonds is 4. The van der Waals surface area contributed by atoms with Crippen molar-refractivity contribution in [2.75, 3.05) is 6.54 Å². The van der Waals surface area contributed by atoms with Crippen molar-refractivity contribution in [1.29, 1.82) is 0 Å². The molecule has 3 aromatic rings. The van der Waals surface area contributed by atoms with Gasteiger partial charge in [-0.3, -0.25) is 4.79 Å². The minimum Gasteiger partial charge on any atom is -0.350 e. The van der Waals surface area contributed by atoms with Crippen LogP contribution in [0.3, 0.4) is 0 Å². The minimum absolute atomic E-state index is 0.126. The van der Waals surface area contributed by atoms with Gasteiger partial charge in [0.2, 0.25) is 0 Å². The van der Waals surface area contributed by atoms with Crippen molar-refractivity contribution in [3.05, 3.63) is 52.4 Å². The second-order valence-corrected chi connectivity index (χ2v) is 5.97. The number of hydrogen-bond acceptors (Lipinski definition) is 4. The third kappa shape index (κ3) is 2.95. The molecular formula is C15H16N4OS. The van der Waals surface area contributed by atoms with E-state index in [4.69, 9.17) is 0 Å². The highest BCUT2D eigenvalue weighted by Crippen LogP contribution is 2.09. The van der Waals surface area contributed by atoms with Gasteiger partial charge in [0.05, 0.1) is 5.69 Å². The highest BCUT2D eigenvalue weighted by atomic mass is 32.1. The lowest BCUT2D eigenvalue weighted by atomic mass is 10.3. The number of nitrogens with zero attached hydrogens (tertiary/aromatic N) is 3. The predicted molar refractivity (Wildman–Crippen MR) is 82.8 cm³/mol. The van der Waals surface area contributed by atoms with Crippen LogP contribution in [0.5, 0.6) is 0 Å². The molecule has 0 aliphatic heterocycles. The number of fused-ring (bicyclic) bond motifs is 1. The number of imidazole rings is 1. The number of carbonyl (C=O) groups excluding carboxylic acids is 1. The van der Waals surface area contributed by atoms with Crippen LogP contribution in [0.4, 0.5) is 0 Å². The van der Waals surface area contributed by atoms with Crippen LogP contribution < -0.4 is 5.32 Å². The number of aromatic nitrogens is 3. The molecule has 0 aromatic carbocycles. The lowest BCUT2D eigenvalue weighted by Gasteiger charge is -2.00. The first kappa shape index (κ1) is 13.8. The molecule has 0 saturated carbocycles. The fraction of sp³-hybridized carbons (Fsp3) is 0.267. The molecule has 0 fully saturated rings. The maximum atomic E-state index is 11.9. The summed E-state index contributed by atoms with van der Waals surface area (Å²) in [6, 6.07) is 7.82. The van der Waals surface area contributed by atoms with Crippen LogP contribution in [0, 0.1) is 13.8 Å². The monoisotopic (exact) mass is 300 g/mol. The molecule has 6 heteroatoms. The molecule has 0 aliphatic rings. The molecule has 0 saturated heterocycles. The number of hydrogen-bond donors (Lipinski definition) is 1. The predicted octanol–water partition coefficient (Wildman–Crippen LogP) is 2.38. The Labute approximate surface area is 126 Å². The summed E-state index contributed by atoms with van der Waals surface area (Å²) >= 11 is 1.34. The minimum atomic E-state index is -0.126. The smallest absolute Gasteiger partial charge is 0.271 e. The fourth-order valence-electron chi connectivity index (χ4n) is 2.19. The Kier molecular flexibility index (Phi) is 3.70. The first-order chi connectivity index (χ1) is 10.1. The van der Waals surface area contributed by atoms with E-state index in [-0.39, 0.29) is 5.91 Å². The highest BCUT2D eigenvalue weighted by molar-refractivity contribution is 7.05. The number of aryl methyl sites for hydroxylation is 2. The van der Waals surface area contributed by atoms with Crippen LogP contribution in [0.2, 0.25) is 0 Å². The summed E-state index contributed by atoms with van der Waals surface area (Å²) in [5, 5.41) is 2.88. The van der Waals surface area contributed by atoms with Gasteiger partial charge in [-0.2, -0.15) is 4.37 Å². The standard InChI is InChI=1S/C15H16N4OS/c1-10-4-3-5-14-17-12(9-19(10)14)6-7-16-15(20)13-8-11(2)21-18-13/h3-5,8-9H,6-7H2,1-2H3,(H,16,20). The van der Waals surface area contributed by atoms with Gasteiger partial charge >= 0.3 is 0 Å². The molecular weight excluding hydrogens is 284 g/mol. The average Bonchev–Trinajstić information content (AvgIpc) is 3.05. The Morgan fingerprint density at radius 1 is 1.38 bits per heavy atom. The number of carbonyl (C=O) groups is 1. The molecule has 108 valence electrons. The molecule has 0 atom stereocenters. The molecule has 0 aliphatic carbocycles. The topological polar surface area (TPSA) is 59.3 Å². The van der Waals surface area contributed by atoms with Crippen LogP contribution in [0.1, 0.15) is 26.8 Å². The van der Waals surface area contributed by atoms with Crippen LogP contribution in [0.25, 0.3) is 5.65 Å². The SMILES string of the molecule is Cc1cc(C(=O)NCCc2cn3c(C)cccc3n2)ns1. The van der Waals surface area contributed by atoms with Gasteiger partial charge in [0.25, 0.3) is 5.91 Å². The summed E-state index contributed by atoms with van der Waals surface area (Å²) in [5.41, 5.74) is 3.54. The van der Waals surface area contributed by atoms with Crippen molar-refractivity contribution < 1.29 is 4.79 Å². The van der Waals surface area contributed by atoms with Gasteiger partial charge in [-0.25, -0.2) is 4.98 Å². The summed E-state index contributed by atoms with van der Waals surface area (Å²) in [7, 11) is 0. The van der Waals surface area contributed by atoms with E-state index in [0.717, 1.165) is 21.9 Å². The third-order valence-corrected chi connectivity index (χ3v) is 3.97. The van der Waals surface area contributed by atoms with E-state index in [2.05, 4.69) is 19.1 Å². The second kappa shape index (κ2) is 5.65. The van der Waals surface area contributed by atoms with Crippen molar-refractivity contribution in [3.63, 3.8) is 0 Å². The maximum absolute atomic E-state index is 11.9. The zero-order chi connectivity index (χ0) is 14.8. The first-order valence-corrected chi connectivity index (χ1v) is 7.56. The molecule has 0 spiro atoms. The molecule has 1 amide bonds. The molecule has 1 N–H and O–H groups in total. The van der Waals surface area contributed by atoms with Gasteiger partial charge in [-0.1, -0.05) is 6.07 Å². The molecule has 0 unspecified atom stereocenters. The Morgan fingerprint density at radius 3 is 2.95 bits per heavy atom. The van der Waals surface area contributed by atoms with E-state index in [1.54, 1.807) is 6.07 Å². The number of pyridine rings is 1. The highest BCUT2D eigenvalue weighted by Gasteiger charge is 2.09. The van der Waals surface area contributed by atoms with Gasteiger partial charge in [-0.05, 0) is 43.6 Å². The van der Waals surface area contributed by atoms with Crippen molar-refractivity contribution in [3.8, 4) is 0 Å². The lowest BCUT2D eigenvalue weighted by molar-refractivity contribution is 0.0950. The summed E-state index contributed by atoms with van der Waals surface area (Å²) in [6.07, 6.45) is 2.72. The van der Waals surface area contributed by atoms with Crippen molar-refractivity contribution >= 4 is 23.1 Å².